The number of aromatic nitrogens is 1. The Morgan fingerprint density at radius 1 is 1.15 bits per heavy atom. The predicted octanol–water partition coefficient (Wildman–Crippen LogP) is 3.68. The van der Waals surface area contributed by atoms with Crippen molar-refractivity contribution in [3.05, 3.63) is 59.1 Å². The first kappa shape index (κ1) is 18.8. The van der Waals surface area contributed by atoms with Gasteiger partial charge in [0.15, 0.2) is 6.61 Å². The summed E-state index contributed by atoms with van der Waals surface area (Å²) in [5, 5.41) is 0.841. The molecule has 1 aromatic heterocycles. The van der Waals surface area contributed by atoms with Crippen molar-refractivity contribution in [1.29, 1.82) is 0 Å². The number of benzene rings is 2. The smallest absolute Gasteiger partial charge is 0.338 e. The Bertz CT molecular complexity index is 919. The van der Waals surface area contributed by atoms with Crippen LogP contribution in [-0.4, -0.2) is 42.5 Å². The van der Waals surface area contributed by atoms with E-state index in [4.69, 9.17) is 9.47 Å². The van der Waals surface area contributed by atoms with Gasteiger partial charge >= 0.3 is 5.97 Å². The molecule has 1 atom stereocenters. The van der Waals surface area contributed by atoms with Gasteiger partial charge in [0.05, 0.1) is 28.9 Å². The summed E-state index contributed by atoms with van der Waals surface area (Å²) < 4.78 is 11.3. The van der Waals surface area contributed by atoms with E-state index >= 15 is 0 Å². The van der Waals surface area contributed by atoms with Crippen molar-refractivity contribution >= 4 is 33.4 Å². The maximum Gasteiger partial charge on any atom is 0.338 e. The van der Waals surface area contributed by atoms with Gasteiger partial charge in [-0.3, -0.25) is 4.79 Å². The fourth-order valence-electron chi connectivity index (χ4n) is 2.49. The lowest BCUT2D eigenvalue weighted by atomic mass is 10.2. The molecule has 1 amide bonds. The number of para-hydroxylation sites is 1. The maximum atomic E-state index is 12.4. The van der Waals surface area contributed by atoms with Crippen molar-refractivity contribution in [2.75, 3.05) is 20.8 Å². The van der Waals surface area contributed by atoms with Gasteiger partial charge in [0.1, 0.15) is 10.8 Å². The van der Waals surface area contributed by atoms with Crippen LogP contribution in [-0.2, 0) is 9.53 Å². The molecule has 0 fully saturated rings. The number of fused-ring (bicyclic) bond motifs is 1. The molecule has 0 bridgehead atoms. The van der Waals surface area contributed by atoms with Crippen molar-refractivity contribution in [2.24, 2.45) is 0 Å². The number of likely N-dealkylation sites (N-methyl/N-ethyl adjacent to an activating group) is 1. The summed E-state index contributed by atoms with van der Waals surface area (Å²) in [6.07, 6.45) is 0. The highest BCUT2D eigenvalue weighted by molar-refractivity contribution is 7.18. The zero-order valence-corrected chi connectivity index (χ0v) is 16.2. The van der Waals surface area contributed by atoms with Crippen LogP contribution >= 0.6 is 11.3 Å². The third-order valence-electron chi connectivity index (χ3n) is 4.29. The summed E-state index contributed by atoms with van der Waals surface area (Å²) in [7, 11) is 3.23. The molecule has 0 aliphatic heterocycles. The number of methoxy groups -OCH3 is 1. The van der Waals surface area contributed by atoms with Crippen LogP contribution in [0.15, 0.2) is 48.5 Å². The molecular weight excluding hydrogens is 364 g/mol. The first-order valence-corrected chi connectivity index (χ1v) is 9.23. The maximum absolute atomic E-state index is 12.4. The van der Waals surface area contributed by atoms with Crippen LogP contribution in [0.3, 0.4) is 0 Å². The molecule has 7 heteroatoms. The molecule has 0 unspecified atom stereocenters. The van der Waals surface area contributed by atoms with Crippen LogP contribution < -0.4 is 4.74 Å². The molecule has 0 saturated carbocycles. The van der Waals surface area contributed by atoms with Crippen molar-refractivity contribution in [3.8, 4) is 5.75 Å². The van der Waals surface area contributed by atoms with Crippen molar-refractivity contribution < 1.29 is 19.1 Å². The molecule has 0 N–H and O–H groups in total. The van der Waals surface area contributed by atoms with Gasteiger partial charge < -0.3 is 14.4 Å². The van der Waals surface area contributed by atoms with Gasteiger partial charge in [-0.1, -0.05) is 12.1 Å². The molecular formula is C20H20N2O4S. The van der Waals surface area contributed by atoms with Gasteiger partial charge in [-0.25, -0.2) is 9.78 Å². The number of hydrogen-bond acceptors (Lipinski definition) is 6. The number of carbonyl (C=O) groups is 2. The molecule has 1 heterocycles. The number of esters is 1. The first-order valence-electron chi connectivity index (χ1n) is 8.42. The van der Waals surface area contributed by atoms with E-state index in [0.717, 1.165) is 15.2 Å². The second-order valence-corrected chi connectivity index (χ2v) is 7.07. The van der Waals surface area contributed by atoms with E-state index in [2.05, 4.69) is 4.98 Å². The standard InChI is InChI=1S/C20H20N2O4S/c1-13(19-21-16-6-4-5-7-17(16)27-19)22(2)18(23)12-26-20(24)14-8-10-15(25-3)11-9-14/h4-11,13H,12H2,1-3H3/t13-/m0/s1. The third kappa shape index (κ3) is 4.25. The van der Waals surface area contributed by atoms with Crippen LogP contribution in [0.1, 0.15) is 28.3 Å². The summed E-state index contributed by atoms with van der Waals surface area (Å²) >= 11 is 1.55. The Labute approximate surface area is 161 Å². The largest absolute Gasteiger partial charge is 0.497 e. The Hall–Kier alpha value is -2.93. The highest BCUT2D eigenvalue weighted by Gasteiger charge is 2.22. The van der Waals surface area contributed by atoms with E-state index in [9.17, 15) is 9.59 Å². The number of rotatable bonds is 6. The average Bonchev–Trinajstić information content (AvgIpc) is 3.15. The molecule has 0 aliphatic carbocycles. The highest BCUT2D eigenvalue weighted by atomic mass is 32.1. The Balaban J connectivity index is 1.60. The Morgan fingerprint density at radius 3 is 2.52 bits per heavy atom. The lowest BCUT2D eigenvalue weighted by Crippen LogP contribution is -2.33. The van der Waals surface area contributed by atoms with Crippen molar-refractivity contribution in [1.82, 2.24) is 9.88 Å². The van der Waals surface area contributed by atoms with E-state index in [-0.39, 0.29) is 18.6 Å². The zero-order chi connectivity index (χ0) is 19.4. The normalized spacial score (nSPS) is 11.8. The number of amides is 1. The molecule has 3 rings (SSSR count). The molecule has 0 saturated heterocycles. The summed E-state index contributed by atoms with van der Waals surface area (Å²) in [4.78, 5) is 30.6. The first-order chi connectivity index (χ1) is 13.0. The number of ether oxygens (including phenoxy) is 2. The molecule has 3 aromatic rings. The molecule has 140 valence electrons. The molecule has 27 heavy (non-hydrogen) atoms. The quantitative estimate of drug-likeness (QED) is 0.607. The lowest BCUT2D eigenvalue weighted by molar-refractivity contribution is -0.135. The van der Waals surface area contributed by atoms with Crippen LogP contribution in [0, 0.1) is 0 Å². The molecule has 2 aromatic carbocycles. The van der Waals surface area contributed by atoms with E-state index < -0.39 is 5.97 Å². The third-order valence-corrected chi connectivity index (χ3v) is 5.50. The summed E-state index contributed by atoms with van der Waals surface area (Å²) in [6.45, 7) is 1.58. The van der Waals surface area contributed by atoms with E-state index in [1.165, 1.54) is 0 Å². The summed E-state index contributed by atoms with van der Waals surface area (Å²) in [5.74, 6) is -0.192. The lowest BCUT2D eigenvalue weighted by Gasteiger charge is -2.23. The number of nitrogens with zero attached hydrogens (tertiary/aromatic N) is 2. The second kappa shape index (κ2) is 8.18. The number of thiazole rings is 1. The molecule has 0 spiro atoms. The minimum Gasteiger partial charge on any atom is -0.497 e. The van der Waals surface area contributed by atoms with Gasteiger partial charge in [0, 0.05) is 7.05 Å². The van der Waals surface area contributed by atoms with E-state index in [1.54, 1.807) is 54.7 Å². The average molecular weight is 384 g/mol. The SMILES string of the molecule is COc1ccc(C(=O)OCC(=O)N(C)[C@@H](C)c2nc3ccccc3s2)cc1. The van der Waals surface area contributed by atoms with Crippen LogP contribution in [0.4, 0.5) is 0 Å². The summed E-state index contributed by atoms with van der Waals surface area (Å²) in [5.41, 5.74) is 1.28. The minimum atomic E-state index is -0.549. The van der Waals surface area contributed by atoms with Gasteiger partial charge in [-0.05, 0) is 43.3 Å². The van der Waals surface area contributed by atoms with E-state index in [0.29, 0.717) is 11.3 Å². The Kier molecular flexibility index (Phi) is 5.71. The van der Waals surface area contributed by atoms with Gasteiger partial charge in [-0.15, -0.1) is 11.3 Å². The van der Waals surface area contributed by atoms with Crippen molar-refractivity contribution in [2.45, 2.75) is 13.0 Å². The topological polar surface area (TPSA) is 68.7 Å². The molecule has 6 nitrogen and oxygen atoms in total. The summed E-state index contributed by atoms with van der Waals surface area (Å²) in [6, 6.07) is 14.2. The van der Waals surface area contributed by atoms with Crippen molar-refractivity contribution in [3.63, 3.8) is 0 Å². The van der Waals surface area contributed by atoms with Gasteiger partial charge in [-0.2, -0.15) is 0 Å². The minimum absolute atomic E-state index is 0.213. The second-order valence-electron chi connectivity index (χ2n) is 6.01. The zero-order valence-electron chi connectivity index (χ0n) is 15.3. The number of hydrogen-bond donors (Lipinski definition) is 0. The molecule has 0 radical (unpaired) electrons. The van der Waals surface area contributed by atoms with Gasteiger partial charge in [0.2, 0.25) is 0 Å². The Morgan fingerprint density at radius 2 is 1.85 bits per heavy atom. The fraction of sp³-hybridized carbons (Fsp3) is 0.250. The van der Waals surface area contributed by atoms with Gasteiger partial charge in [0.25, 0.3) is 5.91 Å². The monoisotopic (exact) mass is 384 g/mol. The van der Waals surface area contributed by atoms with E-state index in [1.807, 2.05) is 31.2 Å². The number of carbonyl (C=O) groups excluding carboxylic acids is 2. The molecule has 0 aliphatic rings. The van der Waals surface area contributed by atoms with Crippen LogP contribution in [0.2, 0.25) is 0 Å². The predicted molar refractivity (Wildman–Crippen MR) is 104 cm³/mol. The fourth-order valence-corrected chi connectivity index (χ4v) is 3.55. The van der Waals surface area contributed by atoms with Crippen LogP contribution in [0.25, 0.3) is 10.2 Å². The highest BCUT2D eigenvalue weighted by Crippen LogP contribution is 2.28. The van der Waals surface area contributed by atoms with Crippen LogP contribution in [0.5, 0.6) is 5.75 Å².